The highest BCUT2D eigenvalue weighted by atomic mass is 16.5. The summed E-state index contributed by atoms with van der Waals surface area (Å²) in [6.45, 7) is 4.22. The van der Waals surface area contributed by atoms with Crippen LogP contribution in [0.1, 0.15) is 29.3 Å². The third-order valence-corrected chi connectivity index (χ3v) is 3.18. The van der Waals surface area contributed by atoms with Crippen molar-refractivity contribution in [2.75, 3.05) is 11.9 Å². The van der Waals surface area contributed by atoms with Crippen molar-refractivity contribution in [3.63, 3.8) is 0 Å². The number of ether oxygens (including phenoxy) is 1. The Kier molecular flexibility index (Phi) is 3.85. The Morgan fingerprint density at radius 3 is 2.84 bits per heavy atom. The van der Waals surface area contributed by atoms with Crippen molar-refractivity contribution in [1.82, 2.24) is 0 Å². The van der Waals surface area contributed by atoms with Crippen molar-refractivity contribution >= 4 is 17.6 Å². The molecule has 19 heavy (non-hydrogen) atoms. The largest absolute Gasteiger partial charge is 0.478 e. The minimum absolute atomic E-state index is 0.00870. The van der Waals surface area contributed by atoms with Gasteiger partial charge in [-0.3, -0.25) is 4.79 Å². The van der Waals surface area contributed by atoms with E-state index < -0.39 is 5.97 Å². The van der Waals surface area contributed by atoms with Crippen molar-refractivity contribution in [1.29, 1.82) is 0 Å². The molecule has 2 N–H and O–H groups in total. The van der Waals surface area contributed by atoms with Crippen LogP contribution < -0.4 is 5.32 Å². The highest BCUT2D eigenvalue weighted by molar-refractivity contribution is 5.97. The first kappa shape index (κ1) is 13.5. The molecule has 0 spiro atoms. The van der Waals surface area contributed by atoms with Crippen molar-refractivity contribution in [2.24, 2.45) is 5.92 Å². The number of rotatable bonds is 5. The van der Waals surface area contributed by atoms with Gasteiger partial charge in [-0.25, -0.2) is 4.79 Å². The molecule has 1 aromatic rings. The second-order valence-electron chi connectivity index (χ2n) is 4.66. The first-order valence-corrected chi connectivity index (χ1v) is 6.29. The summed E-state index contributed by atoms with van der Waals surface area (Å²) in [6, 6.07) is 4.87. The molecule has 5 nitrogen and oxygen atoms in total. The number of benzene rings is 1. The fourth-order valence-electron chi connectivity index (χ4n) is 2.01. The fourth-order valence-corrected chi connectivity index (χ4v) is 2.01. The van der Waals surface area contributed by atoms with Crippen molar-refractivity contribution < 1.29 is 19.4 Å². The number of aromatic carboxylic acids is 1. The molecule has 1 amide bonds. The number of carbonyl (C=O) groups excluding carboxylic acids is 1. The average molecular weight is 263 g/mol. The molecule has 102 valence electrons. The van der Waals surface area contributed by atoms with E-state index in [2.05, 4.69) is 5.32 Å². The van der Waals surface area contributed by atoms with Crippen LogP contribution in [0.5, 0.6) is 0 Å². The van der Waals surface area contributed by atoms with Crippen LogP contribution in [0.25, 0.3) is 0 Å². The van der Waals surface area contributed by atoms with E-state index in [-0.39, 0.29) is 23.5 Å². The van der Waals surface area contributed by atoms with E-state index in [0.29, 0.717) is 17.9 Å². The van der Waals surface area contributed by atoms with Crippen molar-refractivity contribution in [3.05, 3.63) is 29.3 Å². The van der Waals surface area contributed by atoms with Gasteiger partial charge in [0, 0.05) is 12.3 Å². The summed E-state index contributed by atoms with van der Waals surface area (Å²) in [5.41, 5.74) is 1.38. The van der Waals surface area contributed by atoms with Gasteiger partial charge in [0.05, 0.1) is 17.6 Å². The summed E-state index contributed by atoms with van der Waals surface area (Å²) in [5.74, 6) is -1.22. The molecule has 2 atom stereocenters. The average Bonchev–Trinajstić information content (AvgIpc) is 3.11. The lowest BCUT2D eigenvalue weighted by atomic mass is 10.1. The molecule has 0 aromatic heterocycles. The van der Waals surface area contributed by atoms with E-state index in [1.54, 1.807) is 19.1 Å². The van der Waals surface area contributed by atoms with Crippen LogP contribution in [0, 0.1) is 12.8 Å². The van der Waals surface area contributed by atoms with Crippen LogP contribution in [-0.4, -0.2) is 29.7 Å². The summed E-state index contributed by atoms with van der Waals surface area (Å²) >= 11 is 0. The number of carboxylic acids is 1. The molecule has 1 aliphatic rings. The van der Waals surface area contributed by atoms with Gasteiger partial charge in [0.2, 0.25) is 5.91 Å². The first-order chi connectivity index (χ1) is 9.02. The molecule has 1 saturated carbocycles. The third kappa shape index (κ3) is 3.12. The van der Waals surface area contributed by atoms with Gasteiger partial charge in [0.15, 0.2) is 0 Å². The highest BCUT2D eigenvalue weighted by Gasteiger charge is 2.43. The molecule has 0 aliphatic heterocycles. The van der Waals surface area contributed by atoms with E-state index >= 15 is 0 Å². The van der Waals surface area contributed by atoms with Crippen LogP contribution in [-0.2, 0) is 9.53 Å². The summed E-state index contributed by atoms with van der Waals surface area (Å²) in [4.78, 5) is 22.9. The predicted molar refractivity (Wildman–Crippen MR) is 70.3 cm³/mol. The smallest absolute Gasteiger partial charge is 0.336 e. The van der Waals surface area contributed by atoms with E-state index in [4.69, 9.17) is 9.84 Å². The van der Waals surface area contributed by atoms with Gasteiger partial charge in [-0.2, -0.15) is 0 Å². The number of hydrogen-bond acceptors (Lipinski definition) is 3. The quantitative estimate of drug-likeness (QED) is 0.852. The maximum absolute atomic E-state index is 11.9. The van der Waals surface area contributed by atoms with Gasteiger partial charge in [0.25, 0.3) is 0 Å². The Morgan fingerprint density at radius 2 is 2.21 bits per heavy atom. The lowest BCUT2D eigenvalue weighted by molar-refractivity contribution is -0.118. The molecule has 5 heteroatoms. The van der Waals surface area contributed by atoms with Crippen LogP contribution in [0.2, 0.25) is 0 Å². The molecule has 0 heterocycles. The molecule has 1 aliphatic carbocycles. The first-order valence-electron chi connectivity index (χ1n) is 6.29. The van der Waals surface area contributed by atoms with Crippen LogP contribution >= 0.6 is 0 Å². The molecule has 0 unspecified atom stereocenters. The number of carboxylic acid groups (broad SMARTS) is 1. The summed E-state index contributed by atoms with van der Waals surface area (Å²) < 4.78 is 5.35. The SMILES string of the molecule is CCO[C@H]1C[C@@H]1C(=O)Nc1ccc(C)c(C(=O)O)c1. The normalized spacial score (nSPS) is 20.9. The zero-order chi connectivity index (χ0) is 14.0. The van der Waals surface area contributed by atoms with Crippen molar-refractivity contribution in [2.45, 2.75) is 26.4 Å². The molecule has 2 rings (SSSR count). The number of anilines is 1. The predicted octanol–water partition coefficient (Wildman–Crippen LogP) is 2.06. The summed E-state index contributed by atoms with van der Waals surface area (Å²) in [7, 11) is 0. The van der Waals surface area contributed by atoms with Gasteiger partial charge >= 0.3 is 5.97 Å². The Bertz CT molecular complexity index is 512. The van der Waals surface area contributed by atoms with E-state index in [1.165, 1.54) is 6.07 Å². The van der Waals surface area contributed by atoms with Gasteiger partial charge in [-0.05, 0) is 38.0 Å². The minimum atomic E-state index is -0.993. The Hall–Kier alpha value is -1.88. The summed E-state index contributed by atoms with van der Waals surface area (Å²) in [5, 5.41) is 11.8. The van der Waals surface area contributed by atoms with E-state index in [9.17, 15) is 9.59 Å². The monoisotopic (exact) mass is 263 g/mol. The van der Waals surface area contributed by atoms with E-state index in [1.807, 2.05) is 6.92 Å². The molecule has 1 fully saturated rings. The number of hydrogen-bond donors (Lipinski definition) is 2. The second kappa shape index (κ2) is 5.40. The molecular formula is C14H17NO4. The lowest BCUT2D eigenvalue weighted by Crippen LogP contribution is -2.17. The maximum Gasteiger partial charge on any atom is 0.336 e. The number of amides is 1. The lowest BCUT2D eigenvalue weighted by Gasteiger charge is -2.07. The topological polar surface area (TPSA) is 75.6 Å². The number of aryl methyl sites for hydroxylation is 1. The van der Waals surface area contributed by atoms with Gasteiger partial charge in [0.1, 0.15) is 0 Å². The molecular weight excluding hydrogens is 246 g/mol. The Balaban J connectivity index is 2.02. The molecule has 0 saturated heterocycles. The summed E-state index contributed by atoms with van der Waals surface area (Å²) in [6.07, 6.45) is 0.742. The molecule has 1 aromatic carbocycles. The zero-order valence-corrected chi connectivity index (χ0v) is 11.0. The van der Waals surface area contributed by atoms with Gasteiger partial charge in [-0.1, -0.05) is 6.07 Å². The Morgan fingerprint density at radius 1 is 1.47 bits per heavy atom. The highest BCUT2D eigenvalue weighted by Crippen LogP contribution is 2.34. The fraction of sp³-hybridized carbons (Fsp3) is 0.429. The maximum atomic E-state index is 11.9. The van der Waals surface area contributed by atoms with Crippen LogP contribution in [0.15, 0.2) is 18.2 Å². The second-order valence-corrected chi connectivity index (χ2v) is 4.66. The number of nitrogens with one attached hydrogen (secondary N) is 1. The van der Waals surface area contributed by atoms with Crippen LogP contribution in [0.3, 0.4) is 0 Å². The Labute approximate surface area is 111 Å². The van der Waals surface area contributed by atoms with Crippen LogP contribution in [0.4, 0.5) is 5.69 Å². The number of carbonyl (C=O) groups is 2. The third-order valence-electron chi connectivity index (χ3n) is 3.18. The minimum Gasteiger partial charge on any atom is -0.478 e. The zero-order valence-electron chi connectivity index (χ0n) is 11.0. The van der Waals surface area contributed by atoms with Gasteiger partial charge < -0.3 is 15.2 Å². The molecule has 0 radical (unpaired) electrons. The van der Waals surface area contributed by atoms with Gasteiger partial charge in [-0.15, -0.1) is 0 Å². The molecule has 0 bridgehead atoms. The standard InChI is InChI=1S/C14H17NO4/c1-3-19-12-7-11(12)13(16)15-9-5-4-8(2)10(6-9)14(17)18/h4-6,11-12H,3,7H2,1-2H3,(H,15,16)(H,17,18)/t11-,12-/m0/s1. The van der Waals surface area contributed by atoms with Crippen molar-refractivity contribution in [3.8, 4) is 0 Å². The van der Waals surface area contributed by atoms with E-state index in [0.717, 1.165) is 6.42 Å².